The number of piperidine rings is 1. The van der Waals surface area contributed by atoms with E-state index in [2.05, 4.69) is 42.3 Å². The first-order valence-corrected chi connectivity index (χ1v) is 7.25. The number of aryl methyl sites for hydroxylation is 2. The maximum atomic E-state index is 3.64. The van der Waals surface area contributed by atoms with Crippen molar-refractivity contribution >= 4 is 0 Å². The Kier molecular flexibility index (Phi) is 3.40. The van der Waals surface area contributed by atoms with Crippen LogP contribution < -0.4 is 5.32 Å². The Morgan fingerprint density at radius 3 is 2.78 bits per heavy atom. The van der Waals surface area contributed by atoms with E-state index in [1.54, 1.807) is 5.56 Å². The standard InChI is InChI=1S/C16H24N2/c1-12-4-3-5-13(2)15(12)11-18-9-7-16-14(10-18)6-8-17-16/h3-5,14,16-17H,6-11H2,1-2H3. The molecule has 1 N–H and O–H groups in total. The van der Waals surface area contributed by atoms with Gasteiger partial charge in [-0.1, -0.05) is 18.2 Å². The fourth-order valence-electron chi connectivity index (χ4n) is 3.59. The monoisotopic (exact) mass is 244 g/mol. The van der Waals surface area contributed by atoms with E-state index < -0.39 is 0 Å². The summed E-state index contributed by atoms with van der Waals surface area (Å²) in [4.78, 5) is 2.66. The van der Waals surface area contributed by atoms with Crippen molar-refractivity contribution in [2.45, 2.75) is 39.3 Å². The summed E-state index contributed by atoms with van der Waals surface area (Å²) in [6.45, 7) is 9.39. The summed E-state index contributed by atoms with van der Waals surface area (Å²) in [6.07, 6.45) is 2.70. The van der Waals surface area contributed by atoms with Crippen molar-refractivity contribution in [3.05, 3.63) is 34.9 Å². The minimum absolute atomic E-state index is 0.805. The van der Waals surface area contributed by atoms with Gasteiger partial charge in [-0.15, -0.1) is 0 Å². The second-order valence-electron chi connectivity index (χ2n) is 6.00. The van der Waals surface area contributed by atoms with Crippen molar-refractivity contribution in [1.29, 1.82) is 0 Å². The molecule has 0 saturated carbocycles. The quantitative estimate of drug-likeness (QED) is 0.860. The Bertz CT molecular complexity index is 407. The van der Waals surface area contributed by atoms with Crippen molar-refractivity contribution in [2.24, 2.45) is 5.92 Å². The molecule has 1 aromatic carbocycles. The molecular weight excluding hydrogens is 220 g/mol. The van der Waals surface area contributed by atoms with Gasteiger partial charge in [0, 0.05) is 19.1 Å². The zero-order chi connectivity index (χ0) is 12.5. The molecule has 2 saturated heterocycles. The molecule has 2 heteroatoms. The van der Waals surface area contributed by atoms with Crippen molar-refractivity contribution < 1.29 is 0 Å². The zero-order valence-electron chi connectivity index (χ0n) is 11.6. The van der Waals surface area contributed by atoms with Gasteiger partial charge in [0.25, 0.3) is 0 Å². The van der Waals surface area contributed by atoms with E-state index in [1.165, 1.54) is 43.6 Å². The highest BCUT2D eigenvalue weighted by atomic mass is 15.2. The fourth-order valence-corrected chi connectivity index (χ4v) is 3.59. The first kappa shape index (κ1) is 12.2. The molecule has 3 rings (SSSR count). The number of hydrogen-bond donors (Lipinski definition) is 1. The third-order valence-electron chi connectivity index (χ3n) is 4.77. The lowest BCUT2D eigenvalue weighted by atomic mass is 9.92. The number of nitrogens with one attached hydrogen (secondary N) is 1. The van der Waals surface area contributed by atoms with Crippen LogP contribution in [0.3, 0.4) is 0 Å². The lowest BCUT2D eigenvalue weighted by molar-refractivity contribution is 0.155. The maximum Gasteiger partial charge on any atom is 0.0239 e. The van der Waals surface area contributed by atoms with Gasteiger partial charge in [0.05, 0.1) is 0 Å². The van der Waals surface area contributed by atoms with Crippen LogP contribution in [-0.2, 0) is 6.54 Å². The Morgan fingerprint density at radius 2 is 2.00 bits per heavy atom. The van der Waals surface area contributed by atoms with Crippen LogP contribution in [0.2, 0.25) is 0 Å². The average Bonchev–Trinajstić information content (AvgIpc) is 2.81. The normalized spacial score (nSPS) is 28.3. The van der Waals surface area contributed by atoms with E-state index in [-0.39, 0.29) is 0 Å². The lowest BCUT2D eigenvalue weighted by Gasteiger charge is -2.35. The molecule has 2 fully saturated rings. The minimum atomic E-state index is 0.805. The molecule has 2 nitrogen and oxygen atoms in total. The molecule has 0 aliphatic carbocycles. The molecule has 2 aliphatic rings. The van der Waals surface area contributed by atoms with Crippen LogP contribution in [0.15, 0.2) is 18.2 Å². The van der Waals surface area contributed by atoms with Gasteiger partial charge in [-0.2, -0.15) is 0 Å². The summed E-state index contributed by atoms with van der Waals surface area (Å²) in [6, 6.07) is 7.46. The molecule has 0 amide bonds. The van der Waals surface area contributed by atoms with Crippen LogP contribution in [0, 0.1) is 19.8 Å². The predicted octanol–water partition coefficient (Wildman–Crippen LogP) is 2.49. The number of rotatable bonds is 2. The van der Waals surface area contributed by atoms with Crippen LogP contribution >= 0.6 is 0 Å². The second kappa shape index (κ2) is 5.02. The predicted molar refractivity (Wildman–Crippen MR) is 75.7 cm³/mol. The van der Waals surface area contributed by atoms with Gasteiger partial charge in [-0.05, 0) is 62.4 Å². The smallest absolute Gasteiger partial charge is 0.0239 e. The summed E-state index contributed by atoms with van der Waals surface area (Å²) < 4.78 is 0. The van der Waals surface area contributed by atoms with Gasteiger partial charge in [0.1, 0.15) is 0 Å². The number of nitrogens with zero attached hydrogens (tertiary/aromatic N) is 1. The van der Waals surface area contributed by atoms with Gasteiger partial charge >= 0.3 is 0 Å². The molecule has 0 spiro atoms. The van der Waals surface area contributed by atoms with E-state index in [9.17, 15) is 0 Å². The van der Waals surface area contributed by atoms with Crippen LogP contribution in [-0.4, -0.2) is 30.6 Å². The largest absolute Gasteiger partial charge is 0.314 e. The van der Waals surface area contributed by atoms with Gasteiger partial charge in [0.2, 0.25) is 0 Å². The summed E-state index contributed by atoms with van der Waals surface area (Å²) in [5.74, 6) is 0.892. The van der Waals surface area contributed by atoms with Crippen molar-refractivity contribution in [3.8, 4) is 0 Å². The third kappa shape index (κ3) is 2.32. The molecule has 2 atom stereocenters. The van der Waals surface area contributed by atoms with Crippen LogP contribution in [0.5, 0.6) is 0 Å². The van der Waals surface area contributed by atoms with Crippen LogP contribution in [0.4, 0.5) is 0 Å². The van der Waals surface area contributed by atoms with Crippen molar-refractivity contribution in [1.82, 2.24) is 10.2 Å². The van der Waals surface area contributed by atoms with Gasteiger partial charge in [0.15, 0.2) is 0 Å². The third-order valence-corrected chi connectivity index (χ3v) is 4.77. The molecular formula is C16H24N2. The van der Waals surface area contributed by atoms with Crippen LogP contribution in [0.25, 0.3) is 0 Å². The fraction of sp³-hybridized carbons (Fsp3) is 0.625. The first-order valence-electron chi connectivity index (χ1n) is 7.25. The molecule has 1 aromatic rings. The molecule has 2 heterocycles. The molecule has 2 unspecified atom stereocenters. The van der Waals surface area contributed by atoms with E-state index in [1.807, 2.05) is 0 Å². The van der Waals surface area contributed by atoms with E-state index in [0.29, 0.717) is 0 Å². The number of hydrogen-bond acceptors (Lipinski definition) is 2. The summed E-state index contributed by atoms with van der Waals surface area (Å²) >= 11 is 0. The van der Waals surface area contributed by atoms with E-state index >= 15 is 0 Å². The Morgan fingerprint density at radius 1 is 1.22 bits per heavy atom. The van der Waals surface area contributed by atoms with Crippen LogP contribution in [0.1, 0.15) is 29.5 Å². The SMILES string of the molecule is Cc1cccc(C)c1CN1CCC2NCCC2C1. The van der Waals surface area contributed by atoms with Gasteiger partial charge in [-0.25, -0.2) is 0 Å². The molecule has 0 bridgehead atoms. The minimum Gasteiger partial charge on any atom is -0.314 e. The molecule has 2 aliphatic heterocycles. The Hall–Kier alpha value is -0.860. The van der Waals surface area contributed by atoms with Crippen molar-refractivity contribution in [2.75, 3.05) is 19.6 Å². The molecule has 0 aromatic heterocycles. The number of benzene rings is 1. The highest BCUT2D eigenvalue weighted by molar-refractivity contribution is 5.33. The lowest BCUT2D eigenvalue weighted by Crippen LogP contribution is -2.44. The number of likely N-dealkylation sites (tertiary alicyclic amines) is 1. The maximum absolute atomic E-state index is 3.64. The highest BCUT2D eigenvalue weighted by Gasteiger charge is 2.32. The first-order chi connectivity index (χ1) is 8.74. The molecule has 0 radical (unpaired) electrons. The Labute approximate surface area is 110 Å². The average molecular weight is 244 g/mol. The Balaban J connectivity index is 1.69. The number of fused-ring (bicyclic) bond motifs is 1. The summed E-state index contributed by atoms with van der Waals surface area (Å²) in [5.41, 5.74) is 4.44. The topological polar surface area (TPSA) is 15.3 Å². The van der Waals surface area contributed by atoms with E-state index in [0.717, 1.165) is 18.5 Å². The molecule has 98 valence electrons. The summed E-state index contributed by atoms with van der Waals surface area (Å²) in [7, 11) is 0. The zero-order valence-corrected chi connectivity index (χ0v) is 11.6. The van der Waals surface area contributed by atoms with E-state index in [4.69, 9.17) is 0 Å². The van der Waals surface area contributed by atoms with Gasteiger partial charge < -0.3 is 5.32 Å². The van der Waals surface area contributed by atoms with Gasteiger partial charge in [-0.3, -0.25) is 4.90 Å². The van der Waals surface area contributed by atoms with Crippen molar-refractivity contribution in [3.63, 3.8) is 0 Å². The summed E-state index contributed by atoms with van der Waals surface area (Å²) in [5, 5.41) is 3.64. The molecule has 18 heavy (non-hydrogen) atoms. The second-order valence-corrected chi connectivity index (χ2v) is 6.00. The highest BCUT2D eigenvalue weighted by Crippen LogP contribution is 2.26.